The van der Waals surface area contributed by atoms with E-state index in [1.807, 2.05) is 66.8 Å². The van der Waals surface area contributed by atoms with Crippen LogP contribution in [0.15, 0.2) is 89.3 Å². The van der Waals surface area contributed by atoms with Gasteiger partial charge >= 0.3 is 0 Å². The second kappa shape index (κ2) is 7.94. The monoisotopic (exact) mass is 448 g/mol. The molecule has 32 heavy (non-hydrogen) atoms. The van der Waals surface area contributed by atoms with E-state index in [1.54, 1.807) is 12.1 Å². The molecule has 1 spiro atoms. The van der Waals surface area contributed by atoms with Gasteiger partial charge in [-0.3, -0.25) is 4.55 Å². The van der Waals surface area contributed by atoms with Crippen LogP contribution in [-0.2, 0) is 21.5 Å². The predicted octanol–water partition coefficient (Wildman–Crippen LogP) is 4.73. The fraction of sp³-hybridized carbons (Fsp3) is 0.120. The molecule has 162 valence electrons. The van der Waals surface area contributed by atoms with Gasteiger partial charge in [-0.2, -0.15) is 8.42 Å². The first-order chi connectivity index (χ1) is 15.4. The second-order valence-corrected chi connectivity index (χ2v) is 8.99. The second-order valence-electron chi connectivity index (χ2n) is 7.57. The molecule has 1 atom stereocenters. The number of rotatable bonds is 5. The zero-order valence-electron chi connectivity index (χ0n) is 17.0. The normalized spacial score (nSPS) is 18.8. The Balaban J connectivity index is 1.41. The highest BCUT2D eigenvalue weighted by molar-refractivity contribution is 7.85. The fourth-order valence-electron chi connectivity index (χ4n) is 3.76. The van der Waals surface area contributed by atoms with E-state index in [-0.39, 0.29) is 18.1 Å². The average Bonchev–Trinajstić information content (AvgIpc) is 2.79. The van der Waals surface area contributed by atoms with Gasteiger partial charge in [-0.25, -0.2) is 0 Å². The van der Waals surface area contributed by atoms with Crippen LogP contribution in [0.3, 0.4) is 0 Å². The van der Waals surface area contributed by atoms with Crippen molar-refractivity contribution >= 4 is 22.3 Å². The quantitative estimate of drug-likeness (QED) is 0.569. The Morgan fingerprint density at radius 1 is 0.844 bits per heavy atom. The van der Waals surface area contributed by atoms with E-state index >= 15 is 0 Å². The summed E-state index contributed by atoms with van der Waals surface area (Å²) in [5.41, 5.74) is 3.27. The van der Waals surface area contributed by atoms with E-state index < -0.39 is 15.9 Å². The van der Waals surface area contributed by atoms with Crippen LogP contribution in [0.4, 0.5) is 0 Å². The molecule has 0 aromatic heterocycles. The number of hydrogen-bond acceptors (Lipinski definition) is 5. The van der Waals surface area contributed by atoms with Gasteiger partial charge in [0.2, 0.25) is 0 Å². The summed E-state index contributed by atoms with van der Waals surface area (Å²) in [6, 6.07) is 21.4. The molecule has 7 heteroatoms. The van der Waals surface area contributed by atoms with Crippen LogP contribution in [0.25, 0.3) is 12.2 Å². The van der Waals surface area contributed by atoms with Crippen molar-refractivity contribution in [3.63, 3.8) is 0 Å². The summed E-state index contributed by atoms with van der Waals surface area (Å²) in [5, 5.41) is 0. The van der Waals surface area contributed by atoms with Crippen LogP contribution in [-0.4, -0.2) is 25.4 Å². The SMILES string of the molecule is O=S(=O)(O)c1cccc(COCC2=Cc3ccccc3OC23C=Cc2ccccc2O3)c1. The molecule has 0 aliphatic carbocycles. The molecule has 3 aromatic rings. The molecule has 0 fully saturated rings. The van der Waals surface area contributed by atoms with Crippen LogP contribution in [0.5, 0.6) is 11.5 Å². The zero-order chi connectivity index (χ0) is 22.2. The number of benzene rings is 3. The summed E-state index contributed by atoms with van der Waals surface area (Å²) in [6.45, 7) is 0.343. The summed E-state index contributed by atoms with van der Waals surface area (Å²) in [5.74, 6) is 0.279. The third kappa shape index (κ3) is 3.93. The van der Waals surface area contributed by atoms with Gasteiger partial charge in [0.25, 0.3) is 15.9 Å². The molecule has 0 saturated heterocycles. The Kier molecular flexibility index (Phi) is 5.09. The maximum absolute atomic E-state index is 11.4. The van der Waals surface area contributed by atoms with Crippen molar-refractivity contribution in [2.75, 3.05) is 6.61 Å². The van der Waals surface area contributed by atoms with Gasteiger partial charge in [-0.1, -0.05) is 48.5 Å². The third-order valence-corrected chi connectivity index (χ3v) is 6.19. The summed E-state index contributed by atoms with van der Waals surface area (Å²) in [4.78, 5) is -0.167. The van der Waals surface area contributed by atoms with E-state index in [0.717, 1.165) is 16.7 Å². The average molecular weight is 448 g/mol. The summed E-state index contributed by atoms with van der Waals surface area (Å²) in [6.07, 6.45) is 5.83. The molecule has 6 nitrogen and oxygen atoms in total. The largest absolute Gasteiger partial charge is 0.444 e. The molecule has 0 saturated carbocycles. The molecule has 3 aromatic carbocycles. The van der Waals surface area contributed by atoms with E-state index in [4.69, 9.17) is 14.2 Å². The van der Waals surface area contributed by atoms with Crippen LogP contribution in [0, 0.1) is 0 Å². The molecule has 5 rings (SSSR count). The van der Waals surface area contributed by atoms with E-state index in [1.165, 1.54) is 12.1 Å². The Morgan fingerprint density at radius 2 is 1.53 bits per heavy atom. The number of fused-ring (bicyclic) bond motifs is 2. The minimum atomic E-state index is -4.27. The standard InChI is InChI=1S/C25H20O6S/c26-32(27,28)22-9-5-6-18(14-22)16-29-17-21-15-20-8-2-4-11-24(20)31-25(21)13-12-19-7-1-3-10-23(19)30-25/h1-15H,16-17H2,(H,26,27,28). The van der Waals surface area contributed by atoms with Gasteiger partial charge in [-0.15, -0.1) is 0 Å². The number of para-hydroxylation sites is 2. The van der Waals surface area contributed by atoms with Gasteiger partial charge in [0.1, 0.15) is 11.5 Å². The van der Waals surface area contributed by atoms with Crippen LogP contribution < -0.4 is 9.47 Å². The topological polar surface area (TPSA) is 82.1 Å². The van der Waals surface area contributed by atoms with Gasteiger partial charge in [-0.05, 0) is 42.0 Å². The lowest BCUT2D eigenvalue weighted by atomic mass is 9.96. The number of hydrogen-bond donors (Lipinski definition) is 1. The Labute approximate surface area is 186 Å². The van der Waals surface area contributed by atoms with Crippen LogP contribution >= 0.6 is 0 Å². The van der Waals surface area contributed by atoms with Gasteiger partial charge in [0, 0.05) is 22.8 Å². The molecule has 2 aliphatic heterocycles. The first-order valence-corrected chi connectivity index (χ1v) is 11.5. The van der Waals surface area contributed by atoms with Crippen molar-refractivity contribution in [2.45, 2.75) is 17.3 Å². The predicted molar refractivity (Wildman–Crippen MR) is 120 cm³/mol. The summed E-state index contributed by atoms with van der Waals surface area (Å²) < 4.78 is 50.6. The molecular weight excluding hydrogens is 428 g/mol. The molecule has 0 radical (unpaired) electrons. The molecular formula is C25H20O6S. The Hall–Kier alpha value is -3.39. The highest BCUT2D eigenvalue weighted by Crippen LogP contribution is 2.42. The molecule has 0 bridgehead atoms. The number of ether oxygens (including phenoxy) is 3. The zero-order valence-corrected chi connectivity index (χ0v) is 17.8. The lowest BCUT2D eigenvalue weighted by Crippen LogP contribution is -2.46. The molecule has 2 aliphatic rings. The van der Waals surface area contributed by atoms with Gasteiger partial charge < -0.3 is 14.2 Å². The van der Waals surface area contributed by atoms with Crippen molar-refractivity contribution in [3.05, 3.63) is 101 Å². The van der Waals surface area contributed by atoms with E-state index in [0.29, 0.717) is 17.1 Å². The first-order valence-electron chi connectivity index (χ1n) is 10.0. The van der Waals surface area contributed by atoms with Gasteiger partial charge in [0.15, 0.2) is 0 Å². The van der Waals surface area contributed by atoms with Gasteiger partial charge in [0.05, 0.1) is 18.1 Å². The van der Waals surface area contributed by atoms with Crippen LogP contribution in [0.2, 0.25) is 0 Å². The third-order valence-electron chi connectivity index (χ3n) is 5.34. The maximum Gasteiger partial charge on any atom is 0.297 e. The summed E-state index contributed by atoms with van der Waals surface area (Å²) in [7, 11) is -4.27. The maximum atomic E-state index is 11.4. The van der Waals surface area contributed by atoms with E-state index in [2.05, 4.69) is 0 Å². The fourth-order valence-corrected chi connectivity index (χ4v) is 4.31. The van der Waals surface area contributed by atoms with Crippen molar-refractivity contribution in [1.82, 2.24) is 0 Å². The minimum Gasteiger partial charge on any atom is -0.444 e. The Bertz CT molecular complexity index is 1340. The van der Waals surface area contributed by atoms with Crippen molar-refractivity contribution in [3.8, 4) is 11.5 Å². The minimum absolute atomic E-state index is 0.152. The smallest absolute Gasteiger partial charge is 0.297 e. The lowest BCUT2D eigenvalue weighted by molar-refractivity contribution is -0.0526. The molecule has 1 unspecified atom stereocenters. The first kappa shape index (κ1) is 20.5. The molecule has 0 amide bonds. The molecule has 1 N–H and O–H groups in total. The molecule has 2 heterocycles. The highest BCUT2D eigenvalue weighted by atomic mass is 32.2. The highest BCUT2D eigenvalue weighted by Gasteiger charge is 2.42. The van der Waals surface area contributed by atoms with E-state index in [9.17, 15) is 13.0 Å². The van der Waals surface area contributed by atoms with Crippen molar-refractivity contribution < 1.29 is 27.2 Å². The Morgan fingerprint density at radius 3 is 2.28 bits per heavy atom. The summed E-state index contributed by atoms with van der Waals surface area (Å²) >= 11 is 0. The van der Waals surface area contributed by atoms with Crippen LogP contribution in [0.1, 0.15) is 16.7 Å². The lowest BCUT2D eigenvalue weighted by Gasteiger charge is -2.39. The van der Waals surface area contributed by atoms with Crippen molar-refractivity contribution in [1.29, 1.82) is 0 Å². The van der Waals surface area contributed by atoms with Crippen molar-refractivity contribution in [2.24, 2.45) is 0 Å².